The number of aromatic amines is 3. The van der Waals surface area contributed by atoms with Gasteiger partial charge in [0, 0.05) is 54.9 Å². The Labute approximate surface area is 224 Å². The summed E-state index contributed by atoms with van der Waals surface area (Å²) in [5.41, 5.74) is 13.4. The van der Waals surface area contributed by atoms with Crippen molar-refractivity contribution < 1.29 is 19.2 Å². The highest BCUT2D eigenvalue weighted by Crippen LogP contribution is 2.06. The van der Waals surface area contributed by atoms with E-state index in [0.29, 0.717) is 42.8 Å². The number of nitrogens with one attached hydrogen (secondary N) is 6. The minimum absolute atomic E-state index is 0.0660. The van der Waals surface area contributed by atoms with Gasteiger partial charge in [-0.3, -0.25) is 14.4 Å². The quantitative estimate of drug-likeness (QED) is 0.0694. The van der Waals surface area contributed by atoms with Crippen LogP contribution in [-0.2, 0) is 38.4 Å². The molecule has 0 fully saturated rings. The van der Waals surface area contributed by atoms with Crippen LogP contribution < -0.4 is 27.4 Å². The number of imidazole rings is 3. The minimum Gasteiger partial charge on any atom is -0.348 e. The van der Waals surface area contributed by atoms with Gasteiger partial charge in [0.05, 0.1) is 31.1 Å². The molecule has 0 aliphatic rings. The molecule has 39 heavy (non-hydrogen) atoms. The molecule has 4 atom stereocenters. The zero-order chi connectivity index (χ0) is 28.0. The Kier molecular flexibility index (Phi) is 11.3. The van der Waals surface area contributed by atoms with Gasteiger partial charge in [-0.25, -0.2) is 15.0 Å². The SMILES string of the molecule is NCCCC[C@H](N)C(=O)N[C@@H](Cc1cnc[nH]1)C(=O)N[C@@H](Cc1cnc[nH]1)C(=O)N[C@H](C=O)Cc1cnc[nH]1. The van der Waals surface area contributed by atoms with Crippen molar-refractivity contribution in [3.8, 4) is 0 Å². The van der Waals surface area contributed by atoms with Gasteiger partial charge in [0.2, 0.25) is 17.7 Å². The molecule has 0 bridgehead atoms. The van der Waals surface area contributed by atoms with Crippen molar-refractivity contribution in [1.29, 1.82) is 0 Å². The smallest absolute Gasteiger partial charge is 0.243 e. The number of unbranched alkanes of at least 4 members (excludes halogenated alkanes) is 1. The molecular weight excluding hydrogens is 506 g/mol. The summed E-state index contributed by atoms with van der Waals surface area (Å²) >= 11 is 0. The van der Waals surface area contributed by atoms with E-state index in [2.05, 4.69) is 45.9 Å². The van der Waals surface area contributed by atoms with E-state index in [1.165, 1.54) is 31.4 Å². The minimum atomic E-state index is -1.08. The van der Waals surface area contributed by atoms with Crippen LogP contribution in [-0.4, -0.2) is 84.6 Å². The summed E-state index contributed by atoms with van der Waals surface area (Å²) in [6.45, 7) is 0.492. The Morgan fingerprint density at radius 3 is 1.72 bits per heavy atom. The first-order chi connectivity index (χ1) is 18.9. The summed E-state index contributed by atoms with van der Waals surface area (Å²) in [6.07, 6.45) is 11.8. The Hall–Kier alpha value is -4.37. The van der Waals surface area contributed by atoms with Crippen LogP contribution in [0.4, 0.5) is 0 Å². The Morgan fingerprint density at radius 1 is 0.769 bits per heavy atom. The van der Waals surface area contributed by atoms with E-state index < -0.39 is 41.9 Å². The standard InChI is InChI=1S/C24H35N11O4/c25-4-2-1-3-19(26)22(37)34-21(7-17-10-29-14-32-17)24(39)35-20(6-16-9-28-13-31-16)23(38)33-18(11-36)5-15-8-27-12-30-15/h8-14,18-21H,1-7,25-26H2,(H,27,30)(H,28,31)(H,29,32)(H,33,38)(H,34,37)(H,35,39)/t18-,19-,20-,21-/m0/s1. The molecule has 0 unspecified atom stereocenters. The van der Waals surface area contributed by atoms with E-state index in [0.717, 1.165) is 6.42 Å². The highest BCUT2D eigenvalue weighted by atomic mass is 16.2. The molecule has 210 valence electrons. The van der Waals surface area contributed by atoms with Crippen LogP contribution in [0.5, 0.6) is 0 Å². The Bertz CT molecular complexity index is 1150. The molecule has 0 saturated carbocycles. The fourth-order valence-corrected chi connectivity index (χ4v) is 3.89. The van der Waals surface area contributed by atoms with E-state index in [1.54, 1.807) is 6.20 Å². The summed E-state index contributed by atoms with van der Waals surface area (Å²) in [4.78, 5) is 71.6. The molecule has 0 radical (unpaired) electrons. The molecular formula is C24H35N11O4. The molecule has 3 amide bonds. The maximum Gasteiger partial charge on any atom is 0.243 e. The van der Waals surface area contributed by atoms with Crippen LogP contribution >= 0.6 is 0 Å². The Morgan fingerprint density at radius 2 is 1.26 bits per heavy atom. The van der Waals surface area contributed by atoms with Crippen LogP contribution in [0.1, 0.15) is 36.3 Å². The van der Waals surface area contributed by atoms with Gasteiger partial charge in [-0.1, -0.05) is 6.42 Å². The summed E-state index contributed by atoms with van der Waals surface area (Å²) in [5.74, 6) is -1.69. The lowest BCUT2D eigenvalue weighted by Gasteiger charge is -2.24. The fraction of sp³-hybridized carbons (Fsp3) is 0.458. The molecule has 0 spiro atoms. The molecule has 10 N–H and O–H groups in total. The molecule has 0 aliphatic heterocycles. The number of hydrogen-bond acceptors (Lipinski definition) is 9. The molecule has 0 aromatic carbocycles. The van der Waals surface area contributed by atoms with Gasteiger partial charge < -0.3 is 47.2 Å². The van der Waals surface area contributed by atoms with Crippen molar-refractivity contribution in [2.45, 2.75) is 62.7 Å². The summed E-state index contributed by atoms with van der Waals surface area (Å²) in [5, 5.41) is 8.06. The van der Waals surface area contributed by atoms with Gasteiger partial charge >= 0.3 is 0 Å². The van der Waals surface area contributed by atoms with E-state index in [9.17, 15) is 19.2 Å². The van der Waals surface area contributed by atoms with Crippen molar-refractivity contribution in [1.82, 2.24) is 45.9 Å². The predicted molar refractivity (Wildman–Crippen MR) is 140 cm³/mol. The second kappa shape index (κ2) is 15.1. The number of carbonyl (C=O) groups excluding carboxylic acids is 4. The number of H-pyrrole nitrogens is 3. The normalized spacial score (nSPS) is 14.1. The summed E-state index contributed by atoms with van der Waals surface area (Å²) < 4.78 is 0. The summed E-state index contributed by atoms with van der Waals surface area (Å²) in [7, 11) is 0. The first kappa shape index (κ1) is 29.2. The number of aldehydes is 1. The van der Waals surface area contributed by atoms with Gasteiger partial charge in [-0.2, -0.15) is 0 Å². The number of rotatable bonds is 17. The number of amides is 3. The molecule has 0 saturated heterocycles. The number of aromatic nitrogens is 6. The lowest BCUT2D eigenvalue weighted by Crippen LogP contribution is -2.58. The van der Waals surface area contributed by atoms with Crippen LogP contribution in [0.25, 0.3) is 0 Å². The van der Waals surface area contributed by atoms with E-state index >= 15 is 0 Å². The highest BCUT2D eigenvalue weighted by Gasteiger charge is 2.30. The highest BCUT2D eigenvalue weighted by molar-refractivity contribution is 5.93. The van der Waals surface area contributed by atoms with E-state index in [-0.39, 0.29) is 19.3 Å². The average Bonchev–Trinajstić information content (AvgIpc) is 3.72. The number of carbonyl (C=O) groups is 4. The van der Waals surface area contributed by atoms with Crippen molar-refractivity contribution in [2.24, 2.45) is 11.5 Å². The fourth-order valence-electron chi connectivity index (χ4n) is 3.89. The third-order valence-corrected chi connectivity index (χ3v) is 6.02. The second-order valence-electron chi connectivity index (χ2n) is 9.11. The van der Waals surface area contributed by atoms with Gasteiger partial charge in [0.15, 0.2) is 0 Å². The zero-order valence-corrected chi connectivity index (χ0v) is 21.4. The van der Waals surface area contributed by atoms with E-state index in [1.807, 2.05) is 0 Å². The molecule has 15 heteroatoms. The largest absolute Gasteiger partial charge is 0.348 e. The Balaban J connectivity index is 1.73. The average molecular weight is 542 g/mol. The van der Waals surface area contributed by atoms with Crippen molar-refractivity contribution in [3.63, 3.8) is 0 Å². The second-order valence-corrected chi connectivity index (χ2v) is 9.11. The van der Waals surface area contributed by atoms with Crippen LogP contribution in [0.15, 0.2) is 37.6 Å². The molecule has 0 aliphatic carbocycles. The molecule has 3 aromatic rings. The first-order valence-electron chi connectivity index (χ1n) is 12.6. The number of nitrogens with zero attached hydrogens (tertiary/aromatic N) is 3. The van der Waals surface area contributed by atoms with Crippen molar-refractivity contribution in [3.05, 3.63) is 54.7 Å². The van der Waals surface area contributed by atoms with Crippen molar-refractivity contribution in [2.75, 3.05) is 6.54 Å². The summed E-state index contributed by atoms with van der Waals surface area (Å²) in [6, 6.07) is -3.82. The van der Waals surface area contributed by atoms with E-state index in [4.69, 9.17) is 11.5 Å². The topological polar surface area (TPSA) is 242 Å². The lowest BCUT2D eigenvalue weighted by atomic mass is 10.1. The predicted octanol–water partition coefficient (Wildman–Crippen LogP) is -2.01. The third-order valence-electron chi connectivity index (χ3n) is 6.02. The molecule has 15 nitrogen and oxygen atoms in total. The monoisotopic (exact) mass is 541 g/mol. The van der Waals surface area contributed by atoms with Crippen molar-refractivity contribution >= 4 is 24.0 Å². The first-order valence-corrected chi connectivity index (χ1v) is 12.6. The maximum atomic E-state index is 13.4. The van der Waals surface area contributed by atoms with Crippen LogP contribution in [0, 0.1) is 0 Å². The van der Waals surface area contributed by atoms with Gasteiger partial charge in [0.25, 0.3) is 0 Å². The molecule has 3 aromatic heterocycles. The van der Waals surface area contributed by atoms with Gasteiger partial charge in [-0.05, 0) is 19.4 Å². The zero-order valence-electron chi connectivity index (χ0n) is 21.4. The lowest BCUT2D eigenvalue weighted by molar-refractivity contribution is -0.133. The molecule has 3 heterocycles. The molecule has 3 rings (SSSR count). The van der Waals surface area contributed by atoms with Gasteiger partial charge in [0.1, 0.15) is 18.4 Å². The maximum absolute atomic E-state index is 13.4. The number of nitrogens with two attached hydrogens (primary N) is 2. The van der Waals surface area contributed by atoms with Gasteiger partial charge in [-0.15, -0.1) is 0 Å². The van der Waals surface area contributed by atoms with Crippen LogP contribution in [0.2, 0.25) is 0 Å². The van der Waals surface area contributed by atoms with Crippen LogP contribution in [0.3, 0.4) is 0 Å². The third kappa shape index (κ3) is 9.46. The number of hydrogen-bond donors (Lipinski definition) is 8.